The van der Waals surface area contributed by atoms with E-state index in [1.807, 2.05) is 30.3 Å². The summed E-state index contributed by atoms with van der Waals surface area (Å²) in [6.07, 6.45) is 2.24. The van der Waals surface area contributed by atoms with Gasteiger partial charge in [0, 0.05) is 12.6 Å². The first-order valence-electron chi connectivity index (χ1n) is 6.74. The molecule has 0 aliphatic carbocycles. The molecule has 1 heterocycles. The summed E-state index contributed by atoms with van der Waals surface area (Å²) in [5.41, 5.74) is 1.05. The van der Waals surface area contributed by atoms with Gasteiger partial charge in [-0.3, -0.25) is 9.59 Å². The summed E-state index contributed by atoms with van der Waals surface area (Å²) in [6.45, 7) is -0.335. The molecule has 0 aliphatic rings. The average molecular weight is 319 g/mol. The largest absolute Gasteiger partial charge is 0.456 e. The van der Waals surface area contributed by atoms with E-state index in [0.717, 1.165) is 5.56 Å². The number of carbonyl (C=O) groups excluding carboxylic acids is 2. The molecule has 1 amide bonds. The molecule has 6 heteroatoms. The Balaban J connectivity index is 1.69. The first-order valence-corrected chi connectivity index (χ1v) is 7.12. The third-order valence-electron chi connectivity index (χ3n) is 2.82. The number of aromatic nitrogens is 1. The Labute approximate surface area is 133 Å². The van der Waals surface area contributed by atoms with E-state index >= 15 is 0 Å². The Morgan fingerprint density at radius 2 is 1.91 bits per heavy atom. The van der Waals surface area contributed by atoms with Crippen molar-refractivity contribution < 1.29 is 14.3 Å². The molecule has 0 radical (unpaired) electrons. The van der Waals surface area contributed by atoms with E-state index < -0.39 is 11.9 Å². The highest BCUT2D eigenvalue weighted by Gasteiger charge is 2.08. The van der Waals surface area contributed by atoms with Gasteiger partial charge in [-0.1, -0.05) is 41.9 Å². The Hall–Kier alpha value is -2.40. The molecule has 0 unspecified atom stereocenters. The van der Waals surface area contributed by atoms with Crippen molar-refractivity contribution in [3.63, 3.8) is 0 Å². The van der Waals surface area contributed by atoms with Crippen LogP contribution in [0.4, 0.5) is 5.82 Å². The minimum atomic E-state index is -0.442. The fraction of sp³-hybridized carbons (Fsp3) is 0.188. The second-order valence-electron chi connectivity index (χ2n) is 4.56. The van der Waals surface area contributed by atoms with Crippen LogP contribution in [-0.4, -0.2) is 23.5 Å². The van der Waals surface area contributed by atoms with Crippen LogP contribution >= 0.6 is 11.6 Å². The maximum atomic E-state index is 11.6. The number of anilines is 1. The van der Waals surface area contributed by atoms with Crippen molar-refractivity contribution in [1.82, 2.24) is 4.98 Å². The third-order valence-corrected chi connectivity index (χ3v) is 3.04. The van der Waals surface area contributed by atoms with Crippen molar-refractivity contribution in [2.75, 3.05) is 11.9 Å². The van der Waals surface area contributed by atoms with Gasteiger partial charge in [0.1, 0.15) is 5.82 Å². The fourth-order valence-electron chi connectivity index (χ4n) is 1.74. The summed E-state index contributed by atoms with van der Waals surface area (Å²) in [4.78, 5) is 27.1. The third kappa shape index (κ3) is 5.54. The molecule has 2 rings (SSSR count). The van der Waals surface area contributed by atoms with Gasteiger partial charge >= 0.3 is 5.97 Å². The van der Waals surface area contributed by atoms with Gasteiger partial charge in [0.25, 0.3) is 5.91 Å². The maximum absolute atomic E-state index is 11.6. The number of nitrogens with one attached hydrogen (secondary N) is 1. The number of ether oxygens (including phenoxy) is 1. The van der Waals surface area contributed by atoms with Crippen molar-refractivity contribution in [3.8, 4) is 0 Å². The zero-order valence-electron chi connectivity index (χ0n) is 11.8. The topological polar surface area (TPSA) is 68.3 Å². The van der Waals surface area contributed by atoms with Crippen LogP contribution in [0.1, 0.15) is 12.0 Å². The highest BCUT2D eigenvalue weighted by molar-refractivity contribution is 6.30. The molecule has 22 heavy (non-hydrogen) atoms. The molecular formula is C16H15ClN2O3. The van der Waals surface area contributed by atoms with Crippen LogP contribution in [-0.2, 0) is 20.7 Å². The number of pyridine rings is 1. The summed E-state index contributed by atoms with van der Waals surface area (Å²) in [5.74, 6) is -0.499. The number of halogens is 1. The second kappa shape index (κ2) is 8.14. The predicted octanol–water partition coefficient (Wildman–Crippen LogP) is 2.85. The van der Waals surface area contributed by atoms with Crippen LogP contribution in [0.5, 0.6) is 0 Å². The number of esters is 1. The van der Waals surface area contributed by atoms with Crippen molar-refractivity contribution in [2.24, 2.45) is 0 Å². The van der Waals surface area contributed by atoms with Gasteiger partial charge in [0.2, 0.25) is 0 Å². The molecule has 0 saturated carbocycles. The van der Waals surface area contributed by atoms with Gasteiger partial charge in [-0.15, -0.1) is 0 Å². The van der Waals surface area contributed by atoms with E-state index in [9.17, 15) is 9.59 Å². The number of rotatable bonds is 6. The molecule has 0 saturated heterocycles. The second-order valence-corrected chi connectivity index (χ2v) is 4.99. The number of nitrogens with zero attached hydrogens (tertiary/aromatic N) is 1. The quantitative estimate of drug-likeness (QED) is 0.832. The normalized spacial score (nSPS) is 10.0. The van der Waals surface area contributed by atoms with E-state index in [0.29, 0.717) is 17.3 Å². The number of benzene rings is 1. The van der Waals surface area contributed by atoms with Crippen LogP contribution in [0.25, 0.3) is 0 Å². The smallest absolute Gasteiger partial charge is 0.306 e. The molecule has 0 bridgehead atoms. The average Bonchev–Trinajstić information content (AvgIpc) is 2.54. The van der Waals surface area contributed by atoms with Crippen LogP contribution in [0, 0.1) is 0 Å². The Morgan fingerprint density at radius 3 is 2.59 bits per heavy atom. The number of hydrogen-bond acceptors (Lipinski definition) is 4. The number of hydrogen-bond donors (Lipinski definition) is 1. The van der Waals surface area contributed by atoms with Gasteiger partial charge in [0.15, 0.2) is 6.61 Å². The predicted molar refractivity (Wildman–Crippen MR) is 83.6 cm³/mol. The van der Waals surface area contributed by atoms with Gasteiger partial charge < -0.3 is 10.1 Å². The zero-order chi connectivity index (χ0) is 15.8. The summed E-state index contributed by atoms with van der Waals surface area (Å²) < 4.78 is 4.92. The van der Waals surface area contributed by atoms with E-state index in [1.165, 1.54) is 6.20 Å². The number of amides is 1. The molecule has 0 atom stereocenters. The van der Waals surface area contributed by atoms with E-state index in [-0.39, 0.29) is 13.0 Å². The van der Waals surface area contributed by atoms with Crippen LogP contribution < -0.4 is 5.32 Å². The Kier molecular flexibility index (Phi) is 5.91. The maximum Gasteiger partial charge on any atom is 0.306 e. The summed E-state index contributed by atoms with van der Waals surface area (Å²) in [7, 11) is 0. The molecule has 114 valence electrons. The minimum Gasteiger partial charge on any atom is -0.456 e. The number of aryl methyl sites for hydroxylation is 1. The van der Waals surface area contributed by atoms with Crippen molar-refractivity contribution in [2.45, 2.75) is 12.8 Å². The molecule has 5 nitrogen and oxygen atoms in total. The molecule has 0 aliphatic heterocycles. The lowest BCUT2D eigenvalue weighted by molar-refractivity contribution is -0.147. The molecule has 1 N–H and O–H groups in total. The van der Waals surface area contributed by atoms with Crippen molar-refractivity contribution >= 4 is 29.3 Å². The van der Waals surface area contributed by atoms with Gasteiger partial charge in [0.05, 0.1) is 5.02 Å². The van der Waals surface area contributed by atoms with E-state index in [2.05, 4.69) is 10.3 Å². The highest BCUT2D eigenvalue weighted by Crippen LogP contribution is 2.09. The summed E-state index contributed by atoms with van der Waals surface area (Å²) in [6, 6.07) is 12.8. The van der Waals surface area contributed by atoms with Crippen molar-refractivity contribution in [3.05, 3.63) is 59.2 Å². The molecule has 2 aromatic rings. The molecule has 0 spiro atoms. The monoisotopic (exact) mass is 318 g/mol. The molecule has 0 fully saturated rings. The first kappa shape index (κ1) is 16.0. The summed E-state index contributed by atoms with van der Waals surface area (Å²) in [5, 5.41) is 2.99. The lowest BCUT2D eigenvalue weighted by Crippen LogP contribution is -2.21. The zero-order valence-corrected chi connectivity index (χ0v) is 12.5. The van der Waals surface area contributed by atoms with Crippen LogP contribution in [0.2, 0.25) is 5.02 Å². The van der Waals surface area contributed by atoms with Crippen LogP contribution in [0.15, 0.2) is 48.7 Å². The highest BCUT2D eigenvalue weighted by atomic mass is 35.5. The van der Waals surface area contributed by atoms with E-state index in [4.69, 9.17) is 16.3 Å². The SMILES string of the molecule is O=C(COC(=O)CCc1ccccc1)Nc1ccc(Cl)cn1. The Bertz CT molecular complexity index is 630. The molecule has 1 aromatic carbocycles. The lowest BCUT2D eigenvalue weighted by atomic mass is 10.1. The van der Waals surface area contributed by atoms with Crippen molar-refractivity contribution in [1.29, 1.82) is 0 Å². The van der Waals surface area contributed by atoms with Gasteiger partial charge in [-0.05, 0) is 24.1 Å². The summed E-state index contributed by atoms with van der Waals surface area (Å²) >= 11 is 5.69. The lowest BCUT2D eigenvalue weighted by Gasteiger charge is -2.06. The van der Waals surface area contributed by atoms with Gasteiger partial charge in [-0.2, -0.15) is 0 Å². The van der Waals surface area contributed by atoms with Crippen LogP contribution in [0.3, 0.4) is 0 Å². The minimum absolute atomic E-state index is 0.233. The van der Waals surface area contributed by atoms with Gasteiger partial charge in [-0.25, -0.2) is 4.98 Å². The van der Waals surface area contributed by atoms with E-state index in [1.54, 1.807) is 12.1 Å². The number of carbonyl (C=O) groups is 2. The fourth-order valence-corrected chi connectivity index (χ4v) is 1.85. The molecule has 1 aromatic heterocycles. The Morgan fingerprint density at radius 1 is 1.14 bits per heavy atom. The first-order chi connectivity index (χ1) is 10.6. The standard InChI is InChI=1S/C16H15ClN2O3/c17-13-7-8-14(18-10-13)19-15(20)11-22-16(21)9-6-12-4-2-1-3-5-12/h1-5,7-8,10H,6,9,11H2,(H,18,19,20). The molecular weight excluding hydrogens is 304 g/mol.